The van der Waals surface area contributed by atoms with Crippen LogP contribution in [0.4, 0.5) is 0 Å². The summed E-state index contributed by atoms with van der Waals surface area (Å²) in [6.07, 6.45) is 3.65. The summed E-state index contributed by atoms with van der Waals surface area (Å²) in [4.78, 5) is 11.8. The SMILES string of the molecule is CC(C)N1CCCC2(CC1)CN=C(N)N2CCN(C)C. The molecule has 0 aliphatic carbocycles. The van der Waals surface area contributed by atoms with E-state index in [1.165, 1.54) is 32.4 Å². The summed E-state index contributed by atoms with van der Waals surface area (Å²) in [5.41, 5.74) is 6.34. The van der Waals surface area contributed by atoms with E-state index in [0.717, 1.165) is 25.6 Å². The van der Waals surface area contributed by atoms with Gasteiger partial charge in [0.2, 0.25) is 0 Å². The van der Waals surface area contributed by atoms with Gasteiger partial charge in [0.1, 0.15) is 0 Å². The molecule has 1 saturated heterocycles. The van der Waals surface area contributed by atoms with Crippen molar-refractivity contribution in [3.63, 3.8) is 0 Å². The molecule has 0 aromatic heterocycles. The largest absolute Gasteiger partial charge is 0.370 e. The molecule has 2 aliphatic heterocycles. The molecule has 0 amide bonds. The summed E-state index contributed by atoms with van der Waals surface area (Å²) < 4.78 is 0. The highest BCUT2D eigenvalue weighted by molar-refractivity contribution is 5.81. The Bertz CT molecular complexity index is 352. The molecule has 1 spiro atoms. The second kappa shape index (κ2) is 6.31. The molecule has 116 valence electrons. The maximum absolute atomic E-state index is 6.16. The van der Waals surface area contributed by atoms with Crippen molar-refractivity contribution in [1.82, 2.24) is 14.7 Å². The van der Waals surface area contributed by atoms with Gasteiger partial charge < -0.3 is 20.4 Å². The maximum Gasteiger partial charge on any atom is 0.191 e. The molecule has 0 aromatic carbocycles. The summed E-state index contributed by atoms with van der Waals surface area (Å²) in [5.74, 6) is 0.754. The highest BCUT2D eigenvalue weighted by Crippen LogP contribution is 2.33. The van der Waals surface area contributed by atoms with Crippen LogP contribution >= 0.6 is 0 Å². The number of likely N-dealkylation sites (tertiary alicyclic amines) is 1. The van der Waals surface area contributed by atoms with Crippen LogP contribution in [0.2, 0.25) is 0 Å². The lowest BCUT2D eigenvalue weighted by Crippen LogP contribution is -2.54. The van der Waals surface area contributed by atoms with Crippen LogP contribution in [-0.4, -0.2) is 79.1 Å². The summed E-state index contributed by atoms with van der Waals surface area (Å²) in [5, 5.41) is 0. The average Bonchev–Trinajstić information content (AvgIpc) is 2.57. The molecule has 2 N–H and O–H groups in total. The molecule has 2 heterocycles. The summed E-state index contributed by atoms with van der Waals surface area (Å²) in [7, 11) is 4.23. The van der Waals surface area contributed by atoms with E-state index in [0.29, 0.717) is 6.04 Å². The Labute approximate surface area is 123 Å². The fourth-order valence-corrected chi connectivity index (χ4v) is 3.44. The zero-order chi connectivity index (χ0) is 14.8. The number of likely N-dealkylation sites (N-methyl/N-ethyl adjacent to an activating group) is 1. The molecule has 5 nitrogen and oxygen atoms in total. The van der Waals surface area contributed by atoms with E-state index >= 15 is 0 Å². The Hall–Kier alpha value is -0.810. The molecule has 0 radical (unpaired) electrons. The van der Waals surface area contributed by atoms with Gasteiger partial charge in [-0.3, -0.25) is 4.99 Å². The molecule has 20 heavy (non-hydrogen) atoms. The van der Waals surface area contributed by atoms with Crippen molar-refractivity contribution >= 4 is 5.96 Å². The fourth-order valence-electron chi connectivity index (χ4n) is 3.44. The van der Waals surface area contributed by atoms with E-state index in [1.54, 1.807) is 0 Å². The van der Waals surface area contributed by atoms with Crippen molar-refractivity contribution in [2.24, 2.45) is 10.7 Å². The number of hydrogen-bond donors (Lipinski definition) is 1. The predicted octanol–water partition coefficient (Wildman–Crippen LogP) is 0.811. The third-order valence-corrected chi connectivity index (χ3v) is 4.84. The van der Waals surface area contributed by atoms with Gasteiger partial charge in [0, 0.05) is 25.7 Å². The van der Waals surface area contributed by atoms with E-state index in [9.17, 15) is 0 Å². The molecule has 1 unspecified atom stereocenters. The Morgan fingerprint density at radius 3 is 2.70 bits per heavy atom. The molecular formula is C15H31N5. The minimum absolute atomic E-state index is 0.184. The van der Waals surface area contributed by atoms with E-state index in [4.69, 9.17) is 5.73 Å². The van der Waals surface area contributed by atoms with Crippen molar-refractivity contribution < 1.29 is 0 Å². The van der Waals surface area contributed by atoms with Crippen LogP contribution in [0.15, 0.2) is 4.99 Å². The summed E-state index contributed by atoms with van der Waals surface area (Å²) in [6.45, 7) is 9.87. The van der Waals surface area contributed by atoms with Gasteiger partial charge in [0.05, 0.1) is 12.1 Å². The molecular weight excluding hydrogens is 250 g/mol. The van der Waals surface area contributed by atoms with Gasteiger partial charge in [-0.1, -0.05) is 0 Å². The molecule has 0 aromatic rings. The van der Waals surface area contributed by atoms with E-state index in [-0.39, 0.29) is 5.54 Å². The highest BCUT2D eigenvalue weighted by atomic mass is 15.4. The molecule has 0 saturated carbocycles. The molecule has 0 bridgehead atoms. The van der Waals surface area contributed by atoms with Crippen LogP contribution in [0.3, 0.4) is 0 Å². The van der Waals surface area contributed by atoms with Gasteiger partial charge >= 0.3 is 0 Å². The normalized spacial score (nSPS) is 28.5. The first-order valence-electron chi connectivity index (χ1n) is 7.91. The van der Waals surface area contributed by atoms with Gasteiger partial charge in [0.15, 0.2) is 5.96 Å². The quantitative estimate of drug-likeness (QED) is 0.828. The monoisotopic (exact) mass is 281 g/mol. The van der Waals surface area contributed by atoms with Crippen molar-refractivity contribution in [2.45, 2.75) is 44.7 Å². The lowest BCUT2D eigenvalue weighted by molar-refractivity contribution is 0.156. The molecule has 2 rings (SSSR count). The second-order valence-corrected chi connectivity index (χ2v) is 6.84. The first-order chi connectivity index (χ1) is 9.44. The fraction of sp³-hybridized carbons (Fsp3) is 0.933. The van der Waals surface area contributed by atoms with Gasteiger partial charge in [0.25, 0.3) is 0 Å². The first kappa shape index (κ1) is 15.6. The van der Waals surface area contributed by atoms with Crippen LogP contribution in [-0.2, 0) is 0 Å². The van der Waals surface area contributed by atoms with E-state index in [1.807, 2.05) is 0 Å². The first-order valence-corrected chi connectivity index (χ1v) is 7.91. The highest BCUT2D eigenvalue weighted by Gasteiger charge is 2.42. The van der Waals surface area contributed by atoms with E-state index < -0.39 is 0 Å². The molecule has 5 heteroatoms. The zero-order valence-corrected chi connectivity index (χ0v) is 13.6. The van der Waals surface area contributed by atoms with Crippen molar-refractivity contribution in [1.29, 1.82) is 0 Å². The van der Waals surface area contributed by atoms with Crippen LogP contribution in [0.1, 0.15) is 33.1 Å². The van der Waals surface area contributed by atoms with Crippen molar-refractivity contribution in [3.8, 4) is 0 Å². The third-order valence-electron chi connectivity index (χ3n) is 4.84. The standard InChI is InChI=1S/C15H31N5/c1-13(2)19-8-5-6-15(7-9-19)12-17-14(16)20(15)11-10-18(3)4/h13H,5-12H2,1-4H3,(H2,16,17). The maximum atomic E-state index is 6.16. The van der Waals surface area contributed by atoms with Gasteiger partial charge in [-0.2, -0.15) is 0 Å². The van der Waals surface area contributed by atoms with Crippen LogP contribution < -0.4 is 5.73 Å². The minimum Gasteiger partial charge on any atom is -0.370 e. The van der Waals surface area contributed by atoms with E-state index in [2.05, 4.69) is 47.6 Å². The second-order valence-electron chi connectivity index (χ2n) is 6.84. The Kier molecular flexibility index (Phi) is 4.91. The van der Waals surface area contributed by atoms with Gasteiger partial charge in [-0.25, -0.2) is 0 Å². The summed E-state index contributed by atoms with van der Waals surface area (Å²) in [6, 6.07) is 0.639. The van der Waals surface area contributed by atoms with Gasteiger partial charge in [-0.15, -0.1) is 0 Å². The molecule has 1 atom stereocenters. The number of aliphatic imine (C=N–C) groups is 1. The number of guanidine groups is 1. The van der Waals surface area contributed by atoms with Crippen molar-refractivity contribution in [3.05, 3.63) is 0 Å². The van der Waals surface area contributed by atoms with Crippen LogP contribution in [0, 0.1) is 0 Å². The number of nitrogens with zero attached hydrogens (tertiary/aromatic N) is 4. The lowest BCUT2D eigenvalue weighted by Gasteiger charge is -2.39. The van der Waals surface area contributed by atoms with Crippen LogP contribution in [0.25, 0.3) is 0 Å². The van der Waals surface area contributed by atoms with Crippen molar-refractivity contribution in [2.75, 3.05) is 46.8 Å². The number of nitrogens with two attached hydrogens (primary N) is 1. The summed E-state index contributed by atoms with van der Waals surface area (Å²) >= 11 is 0. The minimum atomic E-state index is 0.184. The number of rotatable bonds is 4. The smallest absolute Gasteiger partial charge is 0.191 e. The third kappa shape index (κ3) is 3.26. The Balaban J connectivity index is 2.04. The lowest BCUT2D eigenvalue weighted by atomic mass is 9.89. The average molecular weight is 281 g/mol. The molecule has 2 aliphatic rings. The molecule has 1 fully saturated rings. The predicted molar refractivity (Wildman–Crippen MR) is 85.0 cm³/mol. The Morgan fingerprint density at radius 2 is 2.05 bits per heavy atom. The van der Waals surface area contributed by atoms with Gasteiger partial charge in [-0.05, 0) is 53.8 Å². The number of hydrogen-bond acceptors (Lipinski definition) is 5. The Morgan fingerprint density at radius 1 is 1.30 bits per heavy atom. The topological polar surface area (TPSA) is 48.1 Å². The zero-order valence-electron chi connectivity index (χ0n) is 13.6. The van der Waals surface area contributed by atoms with Crippen LogP contribution in [0.5, 0.6) is 0 Å².